The Hall–Kier alpha value is -1.25. The number of nitrogens with zero attached hydrogens (tertiary/aromatic N) is 1. The van der Waals surface area contributed by atoms with Crippen LogP contribution in [0.3, 0.4) is 0 Å². The van der Waals surface area contributed by atoms with Crippen LogP contribution in [0.1, 0.15) is 0 Å². The van der Waals surface area contributed by atoms with E-state index in [0.717, 1.165) is 12.1 Å². The molecule has 1 atom stereocenters. The molecule has 0 heterocycles. The number of alkyl halides is 3. The third-order valence-corrected chi connectivity index (χ3v) is 2.82. The maximum absolute atomic E-state index is 12.1. The number of nitro groups is 1. The highest BCUT2D eigenvalue weighted by Crippen LogP contribution is 2.34. The Kier molecular flexibility index (Phi) is 4.83. The van der Waals surface area contributed by atoms with Crippen LogP contribution in [0.15, 0.2) is 12.1 Å². The fourth-order valence-corrected chi connectivity index (χ4v) is 1.47. The maximum atomic E-state index is 12.1. The Balaban J connectivity index is 2.95. The van der Waals surface area contributed by atoms with E-state index in [0.29, 0.717) is 0 Å². The first-order valence-corrected chi connectivity index (χ1v) is 5.50. The van der Waals surface area contributed by atoms with Crippen LogP contribution < -0.4 is 5.32 Å². The lowest BCUT2D eigenvalue weighted by molar-refractivity contribution is -0.384. The predicted octanol–water partition coefficient (Wildman–Crippen LogP) is 3.24. The van der Waals surface area contributed by atoms with Gasteiger partial charge in [0.25, 0.3) is 5.69 Å². The van der Waals surface area contributed by atoms with Crippen molar-refractivity contribution in [3.8, 4) is 0 Å². The van der Waals surface area contributed by atoms with Crippen LogP contribution in [-0.2, 0) is 0 Å². The van der Waals surface area contributed by atoms with Gasteiger partial charge in [-0.15, -0.1) is 0 Å². The van der Waals surface area contributed by atoms with Crippen LogP contribution in [0.5, 0.6) is 0 Å². The Morgan fingerprint density at radius 3 is 2.37 bits per heavy atom. The predicted molar refractivity (Wildman–Crippen MR) is 63.7 cm³/mol. The van der Waals surface area contributed by atoms with E-state index < -0.39 is 29.4 Å². The van der Waals surface area contributed by atoms with E-state index >= 15 is 0 Å². The summed E-state index contributed by atoms with van der Waals surface area (Å²) in [4.78, 5) is 9.88. The van der Waals surface area contributed by atoms with Gasteiger partial charge in [0.2, 0.25) is 0 Å². The normalized spacial score (nSPS) is 13.2. The molecule has 5 nitrogen and oxygen atoms in total. The third kappa shape index (κ3) is 4.12. The molecule has 2 N–H and O–H groups in total. The minimum absolute atomic E-state index is 0.0590. The topological polar surface area (TPSA) is 75.4 Å². The molecule has 106 valence electrons. The molecule has 0 radical (unpaired) electrons. The van der Waals surface area contributed by atoms with Gasteiger partial charge in [-0.05, 0) is 6.07 Å². The quantitative estimate of drug-likeness (QED) is 0.660. The smallest absolute Gasteiger partial charge is 0.382 e. The summed E-state index contributed by atoms with van der Waals surface area (Å²) < 4.78 is 36.3. The largest absolute Gasteiger partial charge is 0.416 e. The Bertz CT molecular complexity index is 496. The zero-order valence-electron chi connectivity index (χ0n) is 9.04. The number of halogens is 5. The number of nitrogens with one attached hydrogen (secondary N) is 1. The second kappa shape index (κ2) is 5.81. The second-order valence-electron chi connectivity index (χ2n) is 3.48. The van der Waals surface area contributed by atoms with E-state index in [1.807, 2.05) is 0 Å². The van der Waals surface area contributed by atoms with Crippen molar-refractivity contribution in [2.75, 3.05) is 11.9 Å². The lowest BCUT2D eigenvalue weighted by Crippen LogP contribution is -2.35. The van der Waals surface area contributed by atoms with E-state index in [9.17, 15) is 23.3 Å². The van der Waals surface area contributed by atoms with Crippen LogP contribution in [0.2, 0.25) is 10.0 Å². The summed E-state index contributed by atoms with van der Waals surface area (Å²) >= 11 is 11.2. The molecule has 0 amide bonds. The van der Waals surface area contributed by atoms with Gasteiger partial charge in [0.15, 0.2) is 6.10 Å². The molecule has 1 aromatic rings. The van der Waals surface area contributed by atoms with Crippen molar-refractivity contribution in [2.24, 2.45) is 0 Å². The van der Waals surface area contributed by atoms with Gasteiger partial charge in [-0.2, -0.15) is 13.2 Å². The molecule has 0 spiro atoms. The van der Waals surface area contributed by atoms with E-state index in [-0.39, 0.29) is 15.7 Å². The van der Waals surface area contributed by atoms with Gasteiger partial charge in [-0.3, -0.25) is 10.1 Å². The first kappa shape index (κ1) is 15.8. The van der Waals surface area contributed by atoms with E-state index in [1.165, 1.54) is 0 Å². The highest BCUT2D eigenvalue weighted by atomic mass is 35.5. The number of aliphatic hydroxyl groups excluding tert-OH is 1. The molecular weight excluding hydrogens is 312 g/mol. The molecule has 0 aliphatic carbocycles. The Morgan fingerprint density at radius 2 is 1.89 bits per heavy atom. The summed E-state index contributed by atoms with van der Waals surface area (Å²) in [5.41, 5.74) is -0.800. The summed E-state index contributed by atoms with van der Waals surface area (Å²) in [6, 6.07) is 1.93. The minimum atomic E-state index is -4.82. The van der Waals surface area contributed by atoms with Crippen molar-refractivity contribution in [1.29, 1.82) is 0 Å². The number of hydrogen-bond donors (Lipinski definition) is 2. The number of rotatable bonds is 4. The molecule has 0 bridgehead atoms. The molecule has 0 saturated heterocycles. The molecular formula is C9H7Cl2F3N2O3. The molecule has 1 aromatic carbocycles. The number of hydrogen-bond acceptors (Lipinski definition) is 4. The first-order chi connectivity index (χ1) is 8.62. The lowest BCUT2D eigenvalue weighted by atomic mass is 10.2. The van der Waals surface area contributed by atoms with Crippen molar-refractivity contribution in [2.45, 2.75) is 12.3 Å². The van der Waals surface area contributed by atoms with Crippen molar-refractivity contribution < 1.29 is 23.2 Å². The molecule has 0 saturated carbocycles. The first-order valence-electron chi connectivity index (χ1n) is 4.75. The van der Waals surface area contributed by atoms with E-state index in [2.05, 4.69) is 5.32 Å². The fourth-order valence-electron chi connectivity index (χ4n) is 1.15. The standard InChI is InChI=1S/C9H7Cl2F3N2O3/c10-4-1-6(7(16(18)19)2-5(4)11)15-3-8(17)9(12,13)14/h1-2,8,15,17H,3H2. The van der Waals surface area contributed by atoms with Crippen molar-refractivity contribution in [1.82, 2.24) is 0 Å². The lowest BCUT2D eigenvalue weighted by Gasteiger charge is -2.16. The second-order valence-corrected chi connectivity index (χ2v) is 4.29. The summed E-state index contributed by atoms with van der Waals surface area (Å²) in [7, 11) is 0. The van der Waals surface area contributed by atoms with Crippen molar-refractivity contribution in [3.63, 3.8) is 0 Å². The van der Waals surface area contributed by atoms with Gasteiger partial charge in [-0.1, -0.05) is 23.2 Å². The zero-order chi connectivity index (χ0) is 14.8. The molecule has 19 heavy (non-hydrogen) atoms. The van der Waals surface area contributed by atoms with Gasteiger partial charge in [-0.25, -0.2) is 0 Å². The average molecular weight is 319 g/mol. The van der Waals surface area contributed by atoms with Gasteiger partial charge >= 0.3 is 6.18 Å². The Morgan fingerprint density at radius 1 is 1.37 bits per heavy atom. The van der Waals surface area contributed by atoms with Gasteiger partial charge in [0.05, 0.1) is 15.0 Å². The maximum Gasteiger partial charge on any atom is 0.416 e. The van der Waals surface area contributed by atoms with Crippen LogP contribution in [0.25, 0.3) is 0 Å². The Labute approximate surface area is 115 Å². The highest BCUT2D eigenvalue weighted by molar-refractivity contribution is 6.42. The average Bonchev–Trinajstić information content (AvgIpc) is 2.28. The number of aliphatic hydroxyl groups is 1. The number of anilines is 1. The van der Waals surface area contributed by atoms with Crippen LogP contribution in [0.4, 0.5) is 24.5 Å². The summed E-state index contributed by atoms with van der Waals surface area (Å²) in [6.45, 7) is -0.942. The number of benzene rings is 1. The fraction of sp³-hybridized carbons (Fsp3) is 0.333. The number of nitro benzene ring substituents is 1. The zero-order valence-corrected chi connectivity index (χ0v) is 10.6. The van der Waals surface area contributed by atoms with Crippen molar-refractivity contribution >= 4 is 34.6 Å². The molecule has 1 rings (SSSR count). The molecule has 0 aliphatic heterocycles. The molecule has 0 aromatic heterocycles. The summed E-state index contributed by atoms with van der Waals surface area (Å²) in [6.07, 6.45) is -7.47. The summed E-state index contributed by atoms with van der Waals surface area (Å²) in [5.74, 6) is 0. The summed E-state index contributed by atoms with van der Waals surface area (Å²) in [5, 5.41) is 21.4. The van der Waals surface area contributed by atoms with Crippen molar-refractivity contribution in [3.05, 3.63) is 32.3 Å². The van der Waals surface area contributed by atoms with E-state index in [4.69, 9.17) is 28.3 Å². The van der Waals surface area contributed by atoms with Crippen LogP contribution in [0, 0.1) is 10.1 Å². The highest BCUT2D eigenvalue weighted by Gasteiger charge is 2.38. The van der Waals surface area contributed by atoms with Gasteiger partial charge < -0.3 is 10.4 Å². The van der Waals surface area contributed by atoms with Gasteiger partial charge in [0, 0.05) is 12.6 Å². The molecule has 0 fully saturated rings. The minimum Gasteiger partial charge on any atom is -0.382 e. The molecule has 1 unspecified atom stereocenters. The SMILES string of the molecule is O=[N+]([O-])c1cc(Cl)c(Cl)cc1NCC(O)C(F)(F)F. The molecule has 10 heteroatoms. The van der Waals surface area contributed by atoms with Gasteiger partial charge in [0.1, 0.15) is 5.69 Å². The monoisotopic (exact) mass is 318 g/mol. The molecule has 0 aliphatic rings. The van der Waals surface area contributed by atoms with Crippen LogP contribution in [-0.4, -0.2) is 28.9 Å². The third-order valence-electron chi connectivity index (χ3n) is 2.10. The van der Waals surface area contributed by atoms with Crippen LogP contribution >= 0.6 is 23.2 Å². The van der Waals surface area contributed by atoms with E-state index in [1.54, 1.807) is 0 Å².